The van der Waals surface area contributed by atoms with Gasteiger partial charge in [-0.25, -0.2) is 4.98 Å². The maximum atomic E-state index is 6.05. The number of rotatable bonds is 3. The Hall–Kier alpha value is -1.19. The molecule has 1 aromatic heterocycles. The smallest absolute Gasteiger partial charge is 0.128 e. The van der Waals surface area contributed by atoms with Crippen LogP contribution < -0.4 is 5.32 Å². The number of hydrogen-bond acceptors (Lipinski definition) is 2. The molecular weight excluding hydrogens is 257 g/mol. The fraction of sp³-hybridized carbons (Fsp3) is 0.250. The van der Waals surface area contributed by atoms with E-state index in [2.05, 4.69) is 10.3 Å². The van der Waals surface area contributed by atoms with Crippen LogP contribution in [-0.4, -0.2) is 9.55 Å². The number of halogens is 2. The molecule has 0 saturated carbocycles. The van der Waals surface area contributed by atoms with Crippen molar-refractivity contribution in [1.82, 2.24) is 9.55 Å². The number of nitrogens with zero attached hydrogens (tertiary/aromatic N) is 2. The van der Waals surface area contributed by atoms with Gasteiger partial charge in [-0.3, -0.25) is 0 Å². The summed E-state index contributed by atoms with van der Waals surface area (Å²) in [6, 6.07) is 5.79. The zero-order valence-electron chi connectivity index (χ0n) is 9.67. The Kier molecular flexibility index (Phi) is 3.60. The van der Waals surface area contributed by atoms with Crippen LogP contribution in [0.3, 0.4) is 0 Å². The zero-order chi connectivity index (χ0) is 12.4. The van der Waals surface area contributed by atoms with E-state index < -0.39 is 0 Å². The van der Waals surface area contributed by atoms with E-state index in [1.165, 1.54) is 0 Å². The largest absolute Gasteiger partial charge is 0.378 e. The first kappa shape index (κ1) is 12.3. The fourth-order valence-electron chi connectivity index (χ4n) is 1.56. The summed E-state index contributed by atoms with van der Waals surface area (Å²) in [6.45, 7) is 2.60. The zero-order valence-corrected chi connectivity index (χ0v) is 11.2. The standard InChI is InChI=1S/C12H13Cl2N3/c1-8-9(13)4-3-5-10(8)15-7-12-16-6-11(14)17(12)2/h3-6,15H,7H2,1-2H3. The SMILES string of the molecule is Cc1c(Cl)cccc1NCc1ncc(Cl)n1C. The highest BCUT2D eigenvalue weighted by molar-refractivity contribution is 6.31. The minimum Gasteiger partial charge on any atom is -0.378 e. The van der Waals surface area contributed by atoms with Crippen molar-refractivity contribution in [2.24, 2.45) is 7.05 Å². The van der Waals surface area contributed by atoms with E-state index in [-0.39, 0.29) is 0 Å². The molecule has 5 heteroatoms. The van der Waals surface area contributed by atoms with Crippen molar-refractivity contribution in [2.75, 3.05) is 5.32 Å². The van der Waals surface area contributed by atoms with Gasteiger partial charge in [0.25, 0.3) is 0 Å². The second kappa shape index (κ2) is 4.98. The van der Waals surface area contributed by atoms with Gasteiger partial charge in [0, 0.05) is 17.8 Å². The van der Waals surface area contributed by atoms with Gasteiger partial charge in [-0.15, -0.1) is 0 Å². The number of anilines is 1. The molecule has 0 bridgehead atoms. The lowest BCUT2D eigenvalue weighted by Crippen LogP contribution is -2.07. The summed E-state index contributed by atoms with van der Waals surface area (Å²) in [5.41, 5.74) is 2.05. The van der Waals surface area contributed by atoms with Gasteiger partial charge in [0.15, 0.2) is 0 Å². The van der Waals surface area contributed by atoms with E-state index in [1.54, 1.807) is 6.20 Å². The van der Waals surface area contributed by atoms with Crippen LogP contribution >= 0.6 is 23.2 Å². The van der Waals surface area contributed by atoms with Crippen molar-refractivity contribution in [2.45, 2.75) is 13.5 Å². The molecule has 1 aromatic carbocycles. The van der Waals surface area contributed by atoms with Gasteiger partial charge < -0.3 is 9.88 Å². The Bertz CT molecular complexity index is 535. The molecule has 0 atom stereocenters. The van der Waals surface area contributed by atoms with Crippen LogP contribution in [0.4, 0.5) is 5.69 Å². The van der Waals surface area contributed by atoms with E-state index in [1.807, 2.05) is 36.7 Å². The molecule has 0 fully saturated rings. The van der Waals surface area contributed by atoms with Crippen LogP contribution in [0.25, 0.3) is 0 Å². The highest BCUT2D eigenvalue weighted by Crippen LogP contribution is 2.23. The predicted octanol–water partition coefficient (Wildman–Crippen LogP) is 3.65. The molecule has 0 radical (unpaired) electrons. The molecule has 1 N–H and O–H groups in total. The molecule has 2 rings (SSSR count). The third kappa shape index (κ3) is 2.56. The topological polar surface area (TPSA) is 29.9 Å². The third-order valence-corrected chi connectivity index (χ3v) is 3.49. The molecule has 0 aliphatic heterocycles. The molecule has 90 valence electrons. The van der Waals surface area contributed by atoms with E-state index >= 15 is 0 Å². The number of hydrogen-bond donors (Lipinski definition) is 1. The Morgan fingerprint density at radius 3 is 2.76 bits per heavy atom. The molecule has 3 nitrogen and oxygen atoms in total. The van der Waals surface area contributed by atoms with Gasteiger partial charge in [0.05, 0.1) is 12.7 Å². The van der Waals surface area contributed by atoms with Crippen LogP contribution in [0.1, 0.15) is 11.4 Å². The van der Waals surface area contributed by atoms with Crippen LogP contribution in [-0.2, 0) is 13.6 Å². The molecule has 0 aliphatic rings. The van der Waals surface area contributed by atoms with Crippen LogP contribution in [0, 0.1) is 6.92 Å². The second-order valence-corrected chi connectivity index (χ2v) is 4.62. The Labute approximate surface area is 110 Å². The Morgan fingerprint density at radius 1 is 1.35 bits per heavy atom. The number of nitrogens with one attached hydrogen (secondary N) is 1. The predicted molar refractivity (Wildman–Crippen MR) is 71.7 cm³/mol. The van der Waals surface area contributed by atoms with Crippen molar-refractivity contribution in [3.05, 3.63) is 46.0 Å². The summed E-state index contributed by atoms with van der Waals surface area (Å²) in [7, 11) is 1.89. The van der Waals surface area contributed by atoms with Crippen molar-refractivity contribution >= 4 is 28.9 Å². The second-order valence-electron chi connectivity index (χ2n) is 3.82. The fourth-order valence-corrected chi connectivity index (χ4v) is 1.88. The lowest BCUT2D eigenvalue weighted by Gasteiger charge is -2.10. The van der Waals surface area contributed by atoms with E-state index in [9.17, 15) is 0 Å². The molecule has 2 aromatic rings. The minimum absolute atomic E-state index is 0.615. The van der Waals surface area contributed by atoms with Crippen LogP contribution in [0.15, 0.2) is 24.4 Å². The maximum absolute atomic E-state index is 6.05. The first-order valence-corrected chi connectivity index (χ1v) is 6.00. The van der Waals surface area contributed by atoms with Crippen molar-refractivity contribution < 1.29 is 0 Å². The van der Waals surface area contributed by atoms with E-state index in [4.69, 9.17) is 23.2 Å². The molecule has 0 saturated heterocycles. The first-order chi connectivity index (χ1) is 8.09. The van der Waals surface area contributed by atoms with Crippen LogP contribution in [0.5, 0.6) is 0 Å². The number of imidazole rings is 1. The Morgan fingerprint density at radius 2 is 2.12 bits per heavy atom. The van der Waals surface area contributed by atoms with Gasteiger partial charge in [0.1, 0.15) is 11.0 Å². The van der Waals surface area contributed by atoms with Gasteiger partial charge in [-0.05, 0) is 24.6 Å². The summed E-state index contributed by atoms with van der Waals surface area (Å²) in [5.74, 6) is 0.884. The highest BCUT2D eigenvalue weighted by atomic mass is 35.5. The van der Waals surface area contributed by atoms with Gasteiger partial charge >= 0.3 is 0 Å². The summed E-state index contributed by atoms with van der Waals surface area (Å²) in [5, 5.41) is 4.68. The van der Waals surface area contributed by atoms with Crippen molar-refractivity contribution in [1.29, 1.82) is 0 Å². The summed E-state index contributed by atoms with van der Waals surface area (Å²) in [4.78, 5) is 4.22. The lowest BCUT2D eigenvalue weighted by atomic mass is 10.2. The van der Waals surface area contributed by atoms with E-state index in [0.29, 0.717) is 11.7 Å². The minimum atomic E-state index is 0.615. The quantitative estimate of drug-likeness (QED) is 0.922. The first-order valence-electron chi connectivity index (χ1n) is 5.24. The lowest BCUT2D eigenvalue weighted by molar-refractivity contribution is 0.813. The van der Waals surface area contributed by atoms with Crippen LogP contribution in [0.2, 0.25) is 10.2 Å². The van der Waals surface area contributed by atoms with Gasteiger partial charge in [0.2, 0.25) is 0 Å². The molecule has 1 heterocycles. The third-order valence-electron chi connectivity index (χ3n) is 2.73. The van der Waals surface area contributed by atoms with Crippen molar-refractivity contribution in [3.63, 3.8) is 0 Å². The molecule has 0 aliphatic carbocycles. The van der Waals surface area contributed by atoms with E-state index in [0.717, 1.165) is 22.1 Å². The maximum Gasteiger partial charge on any atom is 0.128 e. The molecule has 0 spiro atoms. The summed E-state index contributed by atoms with van der Waals surface area (Å²) < 4.78 is 1.84. The molecule has 17 heavy (non-hydrogen) atoms. The van der Waals surface area contributed by atoms with Crippen molar-refractivity contribution in [3.8, 4) is 0 Å². The molecule has 0 unspecified atom stereocenters. The van der Waals surface area contributed by atoms with Gasteiger partial charge in [-0.1, -0.05) is 29.3 Å². The highest BCUT2D eigenvalue weighted by Gasteiger charge is 2.06. The summed E-state index contributed by atoms with van der Waals surface area (Å²) in [6.07, 6.45) is 1.64. The average molecular weight is 270 g/mol. The summed E-state index contributed by atoms with van der Waals surface area (Å²) >= 11 is 12.0. The molecular formula is C12H13Cl2N3. The van der Waals surface area contributed by atoms with Gasteiger partial charge in [-0.2, -0.15) is 0 Å². The molecule has 0 amide bonds. The number of benzene rings is 1. The number of aromatic nitrogens is 2. The average Bonchev–Trinajstić information content (AvgIpc) is 2.62. The Balaban J connectivity index is 2.13. The monoisotopic (exact) mass is 269 g/mol. The normalized spacial score (nSPS) is 10.6.